The monoisotopic (exact) mass is 497 g/mol. The fourth-order valence-corrected chi connectivity index (χ4v) is 5.08. The predicted molar refractivity (Wildman–Crippen MR) is 153 cm³/mol. The van der Waals surface area contributed by atoms with Crippen molar-refractivity contribution >= 4 is 49.9 Å². The van der Waals surface area contributed by atoms with Gasteiger partial charge in [-0.1, -0.05) is 54.9 Å². The average Bonchev–Trinajstić information content (AvgIpc) is 2.90. The Kier molecular flexibility index (Phi) is 7.55. The van der Waals surface area contributed by atoms with Crippen LogP contribution < -0.4 is 10.1 Å². The van der Waals surface area contributed by atoms with E-state index in [1.807, 2.05) is 24.3 Å². The first-order valence-electron chi connectivity index (χ1n) is 12.7. The van der Waals surface area contributed by atoms with E-state index in [0.717, 1.165) is 72.3 Å². The van der Waals surface area contributed by atoms with Gasteiger partial charge in [-0.15, -0.1) is 0 Å². The van der Waals surface area contributed by atoms with Crippen molar-refractivity contribution in [2.45, 2.75) is 26.3 Å². The summed E-state index contributed by atoms with van der Waals surface area (Å²) in [7, 11) is 1.69. The molecule has 4 nitrogen and oxygen atoms in total. The number of nitrogens with one attached hydrogen (secondary N) is 1. The van der Waals surface area contributed by atoms with Crippen molar-refractivity contribution in [3.05, 3.63) is 89.4 Å². The summed E-state index contributed by atoms with van der Waals surface area (Å²) < 4.78 is 5.49. The molecule has 0 saturated carbocycles. The molecule has 36 heavy (non-hydrogen) atoms. The van der Waals surface area contributed by atoms with Crippen molar-refractivity contribution in [2.24, 2.45) is 0 Å². The maximum Gasteiger partial charge on any atom is 0.119 e. The Hall–Kier alpha value is -3.34. The Bertz CT molecular complexity index is 1500. The highest BCUT2D eigenvalue weighted by Crippen LogP contribution is 2.34. The quantitative estimate of drug-likeness (QED) is 0.157. The van der Waals surface area contributed by atoms with Crippen LogP contribution >= 0.6 is 11.6 Å². The van der Waals surface area contributed by atoms with E-state index in [0.29, 0.717) is 5.02 Å². The normalized spacial score (nSPS) is 11.6. The predicted octanol–water partition coefficient (Wildman–Crippen LogP) is 7.92. The highest BCUT2D eigenvalue weighted by atomic mass is 35.5. The lowest BCUT2D eigenvalue weighted by atomic mass is 10.1. The van der Waals surface area contributed by atoms with Crippen LogP contribution in [0.1, 0.15) is 25.3 Å². The van der Waals surface area contributed by atoms with Gasteiger partial charge in [0.25, 0.3) is 0 Å². The molecule has 0 aliphatic heterocycles. The molecule has 0 amide bonds. The Morgan fingerprint density at radius 3 is 2.56 bits per heavy atom. The van der Waals surface area contributed by atoms with Crippen molar-refractivity contribution in [3.63, 3.8) is 0 Å². The van der Waals surface area contributed by atoms with Crippen LogP contribution in [0.5, 0.6) is 5.75 Å². The van der Waals surface area contributed by atoms with E-state index in [4.69, 9.17) is 21.3 Å². The fraction of sp³-hybridized carbons (Fsp3) is 0.258. The molecule has 5 heteroatoms. The highest BCUT2D eigenvalue weighted by molar-refractivity contribution is 6.31. The molecule has 1 heterocycles. The van der Waals surface area contributed by atoms with Crippen LogP contribution in [0.25, 0.3) is 32.6 Å². The van der Waals surface area contributed by atoms with Gasteiger partial charge >= 0.3 is 0 Å². The largest absolute Gasteiger partial charge is 0.497 e. The third-order valence-corrected chi connectivity index (χ3v) is 6.89. The van der Waals surface area contributed by atoms with Crippen molar-refractivity contribution in [1.29, 1.82) is 0 Å². The summed E-state index contributed by atoms with van der Waals surface area (Å²) in [5.74, 6) is 0.824. The zero-order valence-corrected chi connectivity index (χ0v) is 21.7. The summed E-state index contributed by atoms with van der Waals surface area (Å²) >= 11 is 6.27. The molecule has 0 radical (unpaired) electrons. The van der Waals surface area contributed by atoms with Gasteiger partial charge in [-0.05, 0) is 78.2 Å². The van der Waals surface area contributed by atoms with Crippen LogP contribution in [0.15, 0.2) is 78.9 Å². The molecule has 0 saturated heterocycles. The topological polar surface area (TPSA) is 37.4 Å². The van der Waals surface area contributed by atoms with Gasteiger partial charge in [0.2, 0.25) is 0 Å². The number of methoxy groups -OCH3 is 1. The van der Waals surface area contributed by atoms with Crippen molar-refractivity contribution in [3.8, 4) is 5.75 Å². The van der Waals surface area contributed by atoms with Gasteiger partial charge in [0, 0.05) is 35.4 Å². The van der Waals surface area contributed by atoms with Gasteiger partial charge in [-0.2, -0.15) is 0 Å². The molecular formula is C31H32ClN3O. The molecule has 1 aromatic heterocycles. The molecule has 5 rings (SSSR count). The van der Waals surface area contributed by atoms with Gasteiger partial charge in [-0.3, -0.25) is 4.90 Å². The van der Waals surface area contributed by atoms with E-state index in [1.165, 1.54) is 16.3 Å². The third kappa shape index (κ3) is 5.40. The minimum atomic E-state index is 0.692. The smallest absolute Gasteiger partial charge is 0.119 e. The van der Waals surface area contributed by atoms with Crippen molar-refractivity contribution < 1.29 is 4.74 Å². The zero-order chi connectivity index (χ0) is 24.9. The van der Waals surface area contributed by atoms with Gasteiger partial charge in [-0.25, -0.2) is 4.98 Å². The molecule has 0 unspecified atom stereocenters. The molecule has 0 atom stereocenters. The molecule has 0 aliphatic rings. The number of fused-ring (bicyclic) bond motifs is 3. The molecule has 0 spiro atoms. The number of benzene rings is 4. The minimum absolute atomic E-state index is 0.692. The average molecular weight is 498 g/mol. The Labute approximate surface area is 217 Å². The molecule has 5 aromatic rings. The third-order valence-electron chi connectivity index (χ3n) is 6.66. The van der Waals surface area contributed by atoms with Crippen LogP contribution in [0.2, 0.25) is 5.02 Å². The second kappa shape index (κ2) is 11.2. The standard InChI is InChI=1S/C31H32ClN3O/c1-3-16-35(21-22-9-10-23-7-4-5-8-24(23)18-22)17-6-15-33-31-27-13-11-25(32)19-30(27)34-29-14-12-26(36-2)20-28(29)31/h4-5,7-14,18-20H,3,6,15-17,21H2,1-2H3,(H,33,34). The summed E-state index contributed by atoms with van der Waals surface area (Å²) in [5, 5.41) is 9.15. The Morgan fingerprint density at radius 2 is 1.72 bits per heavy atom. The van der Waals surface area contributed by atoms with Gasteiger partial charge in [0.1, 0.15) is 5.75 Å². The summed E-state index contributed by atoms with van der Waals surface area (Å²) in [6, 6.07) is 27.3. The highest BCUT2D eigenvalue weighted by Gasteiger charge is 2.12. The summed E-state index contributed by atoms with van der Waals surface area (Å²) in [4.78, 5) is 7.39. The number of anilines is 1. The van der Waals surface area contributed by atoms with Crippen LogP contribution in [0, 0.1) is 0 Å². The first kappa shape index (κ1) is 24.4. The van der Waals surface area contributed by atoms with E-state index >= 15 is 0 Å². The molecule has 1 N–H and O–H groups in total. The number of hydrogen-bond acceptors (Lipinski definition) is 4. The number of nitrogens with zero attached hydrogens (tertiary/aromatic N) is 2. The van der Waals surface area contributed by atoms with E-state index in [2.05, 4.69) is 71.7 Å². The van der Waals surface area contributed by atoms with Crippen molar-refractivity contribution in [1.82, 2.24) is 9.88 Å². The number of halogens is 1. The Morgan fingerprint density at radius 1 is 0.861 bits per heavy atom. The molecule has 0 fully saturated rings. The Balaban J connectivity index is 1.31. The van der Waals surface area contributed by atoms with Gasteiger partial charge in [0.15, 0.2) is 0 Å². The molecule has 0 bridgehead atoms. The van der Waals surface area contributed by atoms with Gasteiger partial charge in [0.05, 0.1) is 23.8 Å². The van der Waals surface area contributed by atoms with Gasteiger partial charge < -0.3 is 10.1 Å². The number of ether oxygens (including phenoxy) is 1. The lowest BCUT2D eigenvalue weighted by molar-refractivity contribution is 0.265. The van der Waals surface area contributed by atoms with E-state index in [-0.39, 0.29) is 0 Å². The van der Waals surface area contributed by atoms with Crippen LogP contribution in [0.3, 0.4) is 0 Å². The molecular weight excluding hydrogens is 466 g/mol. The first-order valence-corrected chi connectivity index (χ1v) is 13.0. The summed E-state index contributed by atoms with van der Waals surface area (Å²) in [6.45, 7) is 6.20. The number of aromatic nitrogens is 1. The number of hydrogen-bond donors (Lipinski definition) is 1. The van der Waals surface area contributed by atoms with E-state index in [1.54, 1.807) is 7.11 Å². The van der Waals surface area contributed by atoms with Crippen LogP contribution in [-0.2, 0) is 6.54 Å². The lowest BCUT2D eigenvalue weighted by Gasteiger charge is -2.22. The van der Waals surface area contributed by atoms with Crippen molar-refractivity contribution in [2.75, 3.05) is 32.1 Å². The molecule has 184 valence electrons. The molecule has 0 aliphatic carbocycles. The maximum absolute atomic E-state index is 6.27. The SMILES string of the molecule is CCCN(CCCNc1c2ccc(Cl)cc2nc2ccc(OC)cc12)Cc1ccc2ccccc2c1. The number of pyridine rings is 1. The maximum atomic E-state index is 6.27. The number of rotatable bonds is 10. The zero-order valence-electron chi connectivity index (χ0n) is 20.9. The van der Waals surface area contributed by atoms with E-state index < -0.39 is 0 Å². The van der Waals surface area contributed by atoms with Crippen LogP contribution in [0.4, 0.5) is 5.69 Å². The second-order valence-electron chi connectivity index (χ2n) is 9.27. The summed E-state index contributed by atoms with van der Waals surface area (Å²) in [5.41, 5.74) is 4.27. The van der Waals surface area contributed by atoms with E-state index in [9.17, 15) is 0 Å². The fourth-order valence-electron chi connectivity index (χ4n) is 4.91. The second-order valence-corrected chi connectivity index (χ2v) is 9.71. The van der Waals surface area contributed by atoms with Crippen LogP contribution in [-0.4, -0.2) is 36.6 Å². The summed E-state index contributed by atoms with van der Waals surface area (Å²) in [6.07, 6.45) is 2.18. The minimum Gasteiger partial charge on any atom is -0.497 e. The lowest BCUT2D eigenvalue weighted by Crippen LogP contribution is -2.26. The first-order chi connectivity index (χ1) is 17.6. The molecule has 4 aromatic carbocycles.